The number of rotatable bonds is 6. The molecule has 0 aliphatic carbocycles. The third kappa shape index (κ3) is 4.65. The van der Waals surface area contributed by atoms with Crippen LogP contribution in [0.25, 0.3) is 11.5 Å². The number of oxazole rings is 1. The van der Waals surface area contributed by atoms with Crippen LogP contribution < -0.4 is 9.84 Å². The standard InChI is InChI=1S/C21H15F6NO5/c1-11-16(28-17(33-11)12-5-7-13(8-6-12)18(29)30)10-32-15-4-2-3-14(9-15)19(31,20(22,23)24)21(25,26)27/h2-9,31H,10H2,1H3,(H,29,30)/p-1. The molecule has 0 saturated heterocycles. The molecular formula is C21H14F6NO5-. The second-order valence-electron chi connectivity index (χ2n) is 6.91. The summed E-state index contributed by atoms with van der Waals surface area (Å²) in [5.74, 6) is -1.40. The van der Waals surface area contributed by atoms with Crippen molar-refractivity contribution in [1.29, 1.82) is 0 Å². The highest BCUT2D eigenvalue weighted by atomic mass is 19.4. The van der Waals surface area contributed by atoms with Gasteiger partial charge < -0.3 is 24.2 Å². The van der Waals surface area contributed by atoms with Gasteiger partial charge in [0.2, 0.25) is 5.89 Å². The SMILES string of the molecule is Cc1oc(-c2ccc(C(=O)[O-])cc2)nc1COc1cccc(C(O)(C(F)(F)F)C(F)(F)F)c1. The molecule has 0 bridgehead atoms. The summed E-state index contributed by atoms with van der Waals surface area (Å²) in [6, 6.07) is 8.31. The Bertz CT molecular complexity index is 1140. The fourth-order valence-electron chi connectivity index (χ4n) is 2.88. The fraction of sp³-hybridized carbons (Fsp3) is 0.238. The number of nitrogens with zero attached hydrogens (tertiary/aromatic N) is 1. The Morgan fingerprint density at radius 2 is 1.67 bits per heavy atom. The van der Waals surface area contributed by atoms with Gasteiger partial charge in [-0.3, -0.25) is 0 Å². The van der Waals surface area contributed by atoms with Crippen molar-refractivity contribution in [1.82, 2.24) is 4.98 Å². The van der Waals surface area contributed by atoms with Crippen LogP contribution in [0.5, 0.6) is 5.75 Å². The van der Waals surface area contributed by atoms with E-state index in [9.17, 15) is 41.4 Å². The molecule has 3 rings (SSSR count). The van der Waals surface area contributed by atoms with Crippen molar-refractivity contribution in [3.05, 3.63) is 71.1 Å². The van der Waals surface area contributed by atoms with Crippen molar-refractivity contribution in [3.63, 3.8) is 0 Å². The number of carbonyl (C=O) groups excluding carboxylic acids is 1. The minimum Gasteiger partial charge on any atom is -0.545 e. The van der Waals surface area contributed by atoms with Crippen LogP contribution in [-0.2, 0) is 12.2 Å². The Kier molecular flexibility index (Phi) is 6.16. The lowest BCUT2D eigenvalue weighted by Crippen LogP contribution is -2.53. The van der Waals surface area contributed by atoms with E-state index in [1.165, 1.54) is 31.2 Å². The number of hydrogen-bond donors (Lipinski definition) is 1. The minimum absolute atomic E-state index is 0.0665. The number of alkyl halides is 6. The van der Waals surface area contributed by atoms with Crippen molar-refractivity contribution in [2.75, 3.05) is 0 Å². The second kappa shape index (κ2) is 8.43. The number of benzene rings is 2. The lowest BCUT2D eigenvalue weighted by atomic mass is 9.92. The van der Waals surface area contributed by atoms with Gasteiger partial charge in [-0.25, -0.2) is 4.98 Å². The number of carbonyl (C=O) groups is 1. The summed E-state index contributed by atoms with van der Waals surface area (Å²) >= 11 is 0. The van der Waals surface area contributed by atoms with Gasteiger partial charge in [-0.2, -0.15) is 26.3 Å². The third-order valence-corrected chi connectivity index (χ3v) is 4.71. The Morgan fingerprint density at radius 1 is 1.06 bits per heavy atom. The maximum Gasteiger partial charge on any atom is 0.430 e. The molecule has 0 radical (unpaired) electrons. The van der Waals surface area contributed by atoms with Gasteiger partial charge in [0.15, 0.2) is 0 Å². The van der Waals surface area contributed by atoms with Crippen molar-refractivity contribution in [2.45, 2.75) is 31.5 Å². The van der Waals surface area contributed by atoms with E-state index in [0.29, 0.717) is 17.7 Å². The molecule has 1 aromatic heterocycles. The highest BCUT2D eigenvalue weighted by molar-refractivity contribution is 5.86. The lowest BCUT2D eigenvalue weighted by molar-refractivity contribution is -0.376. The summed E-state index contributed by atoms with van der Waals surface area (Å²) in [4.78, 5) is 15.0. The summed E-state index contributed by atoms with van der Waals surface area (Å²) in [6.45, 7) is 1.14. The van der Waals surface area contributed by atoms with E-state index in [-0.39, 0.29) is 35.3 Å². The molecule has 0 atom stereocenters. The predicted molar refractivity (Wildman–Crippen MR) is 97.8 cm³/mol. The highest BCUT2D eigenvalue weighted by Crippen LogP contribution is 2.50. The molecule has 0 saturated carbocycles. The number of carboxylic acid groups (broad SMARTS) is 1. The topological polar surface area (TPSA) is 95.6 Å². The van der Waals surface area contributed by atoms with Gasteiger partial charge in [0.05, 0.1) is 5.97 Å². The van der Waals surface area contributed by atoms with E-state index in [2.05, 4.69) is 4.98 Å². The van der Waals surface area contributed by atoms with Crippen molar-refractivity contribution in [3.8, 4) is 17.2 Å². The first-order chi connectivity index (χ1) is 15.2. The first-order valence-corrected chi connectivity index (χ1v) is 9.11. The van der Waals surface area contributed by atoms with Crippen LogP contribution in [0.3, 0.4) is 0 Å². The van der Waals surface area contributed by atoms with E-state index in [4.69, 9.17) is 9.15 Å². The van der Waals surface area contributed by atoms with Gasteiger partial charge in [-0.1, -0.05) is 24.3 Å². The number of carboxylic acids is 1. The Morgan fingerprint density at radius 3 is 2.21 bits per heavy atom. The molecule has 0 aliphatic rings. The number of aromatic carboxylic acids is 1. The van der Waals surface area contributed by atoms with E-state index in [1.54, 1.807) is 0 Å². The van der Waals surface area contributed by atoms with Crippen LogP contribution in [-0.4, -0.2) is 28.4 Å². The van der Waals surface area contributed by atoms with Crippen LogP contribution in [0.2, 0.25) is 0 Å². The first-order valence-electron chi connectivity index (χ1n) is 9.11. The molecule has 12 heteroatoms. The summed E-state index contributed by atoms with van der Waals surface area (Å²) < 4.78 is 89.3. The van der Waals surface area contributed by atoms with Gasteiger partial charge in [0.1, 0.15) is 23.8 Å². The normalized spacial score (nSPS) is 12.6. The summed E-state index contributed by atoms with van der Waals surface area (Å²) in [5.41, 5.74) is -5.99. The minimum atomic E-state index is -6.02. The third-order valence-electron chi connectivity index (χ3n) is 4.71. The molecule has 0 aliphatic heterocycles. The molecule has 0 amide bonds. The quantitative estimate of drug-likeness (QED) is 0.545. The molecule has 0 spiro atoms. The molecule has 2 aromatic carbocycles. The van der Waals surface area contributed by atoms with Gasteiger partial charge in [0, 0.05) is 11.1 Å². The molecule has 0 fully saturated rings. The fourth-order valence-corrected chi connectivity index (χ4v) is 2.88. The van der Waals surface area contributed by atoms with Gasteiger partial charge in [-0.05, 0) is 36.8 Å². The lowest BCUT2D eigenvalue weighted by Gasteiger charge is -2.32. The van der Waals surface area contributed by atoms with E-state index < -0.39 is 29.5 Å². The van der Waals surface area contributed by atoms with Gasteiger partial charge >= 0.3 is 12.4 Å². The highest BCUT2D eigenvalue weighted by Gasteiger charge is 2.71. The van der Waals surface area contributed by atoms with Crippen molar-refractivity contribution < 1.29 is 50.5 Å². The molecule has 33 heavy (non-hydrogen) atoms. The molecule has 176 valence electrons. The second-order valence-corrected chi connectivity index (χ2v) is 6.91. The zero-order valence-electron chi connectivity index (χ0n) is 16.6. The van der Waals surface area contributed by atoms with Crippen LogP contribution in [0.4, 0.5) is 26.3 Å². The van der Waals surface area contributed by atoms with Crippen LogP contribution in [0.1, 0.15) is 27.4 Å². The van der Waals surface area contributed by atoms with Crippen LogP contribution in [0.15, 0.2) is 52.9 Å². The number of aromatic nitrogens is 1. The Balaban J connectivity index is 1.82. The van der Waals surface area contributed by atoms with Gasteiger partial charge in [0.25, 0.3) is 5.60 Å². The number of ether oxygens (including phenoxy) is 1. The molecule has 3 aromatic rings. The van der Waals surface area contributed by atoms with E-state index in [1.807, 2.05) is 0 Å². The predicted octanol–water partition coefficient (Wildman–Crippen LogP) is 3.90. The Labute approximate surface area is 182 Å². The maximum absolute atomic E-state index is 13.1. The van der Waals surface area contributed by atoms with Crippen LogP contribution in [0, 0.1) is 6.92 Å². The summed E-state index contributed by atoms with van der Waals surface area (Å²) in [6.07, 6.45) is -12.0. The molecular weight excluding hydrogens is 460 g/mol. The molecule has 0 unspecified atom stereocenters. The number of hydrogen-bond acceptors (Lipinski definition) is 6. The average Bonchev–Trinajstić information content (AvgIpc) is 3.11. The largest absolute Gasteiger partial charge is 0.545 e. The summed E-state index contributed by atoms with van der Waals surface area (Å²) in [5, 5.41) is 20.3. The zero-order valence-corrected chi connectivity index (χ0v) is 16.6. The number of aliphatic hydroxyl groups is 1. The van der Waals surface area contributed by atoms with E-state index in [0.717, 1.165) is 12.1 Å². The average molecular weight is 474 g/mol. The smallest absolute Gasteiger partial charge is 0.430 e. The monoisotopic (exact) mass is 474 g/mol. The number of aryl methyl sites for hydroxylation is 1. The van der Waals surface area contributed by atoms with Crippen molar-refractivity contribution >= 4 is 5.97 Å². The van der Waals surface area contributed by atoms with E-state index >= 15 is 0 Å². The molecule has 6 nitrogen and oxygen atoms in total. The molecule has 1 N–H and O–H groups in total. The van der Waals surface area contributed by atoms with Crippen LogP contribution >= 0.6 is 0 Å². The zero-order chi connectivity index (χ0) is 24.6. The van der Waals surface area contributed by atoms with Gasteiger partial charge in [-0.15, -0.1) is 0 Å². The maximum atomic E-state index is 13.1. The first kappa shape index (κ1) is 24.1. The summed E-state index contributed by atoms with van der Waals surface area (Å²) in [7, 11) is 0. The molecule has 1 heterocycles. The number of halogens is 6. The Hall–Kier alpha value is -3.54. The van der Waals surface area contributed by atoms with Crippen molar-refractivity contribution in [2.24, 2.45) is 0 Å².